The van der Waals surface area contributed by atoms with Crippen LogP contribution < -0.4 is 31.1 Å². The molecule has 4 N–H and O–H groups in total. The molecule has 52 heavy (non-hydrogen) atoms. The molecule has 270 valence electrons. The number of nitrogens with one attached hydrogen (secondary N) is 4. The first kappa shape index (κ1) is 35.1. The van der Waals surface area contributed by atoms with E-state index in [0.29, 0.717) is 46.8 Å². The Bertz CT molecular complexity index is 1910. The third-order valence-corrected chi connectivity index (χ3v) is 10.4. The van der Waals surface area contributed by atoms with Crippen molar-refractivity contribution in [3.05, 3.63) is 89.3 Å². The van der Waals surface area contributed by atoms with E-state index in [1.807, 2.05) is 24.4 Å². The SMILES string of the molecule is CNC(=O)c1ccccc1Nc1nc(Nc2ccc(N3CCN(CC4CCN(c5cncc(C6CCC(=O)NC6=O)c5)CC4)CC3)cc2)ncc1Cl. The predicted molar refractivity (Wildman–Crippen MR) is 203 cm³/mol. The molecule has 3 fully saturated rings. The maximum atomic E-state index is 12.4. The number of piperazine rings is 1. The smallest absolute Gasteiger partial charge is 0.253 e. The van der Waals surface area contributed by atoms with Gasteiger partial charge in [-0.25, -0.2) is 4.98 Å². The van der Waals surface area contributed by atoms with E-state index in [-0.39, 0.29) is 23.6 Å². The van der Waals surface area contributed by atoms with E-state index in [1.165, 1.54) is 11.9 Å². The molecule has 0 radical (unpaired) electrons. The van der Waals surface area contributed by atoms with Gasteiger partial charge in [-0.1, -0.05) is 23.7 Å². The number of benzene rings is 2. The second-order valence-corrected chi connectivity index (χ2v) is 13.9. The fourth-order valence-corrected chi connectivity index (χ4v) is 7.34. The second kappa shape index (κ2) is 16.0. The van der Waals surface area contributed by atoms with Crippen LogP contribution in [0.25, 0.3) is 0 Å². The molecule has 0 spiro atoms. The Morgan fingerprint density at radius 3 is 2.38 bits per heavy atom. The Kier molecular flexibility index (Phi) is 10.8. The van der Waals surface area contributed by atoms with Gasteiger partial charge in [-0.15, -0.1) is 0 Å². The van der Waals surface area contributed by atoms with Gasteiger partial charge in [0.15, 0.2) is 5.82 Å². The molecule has 1 unspecified atom stereocenters. The molecular formula is C38H43ClN10O3. The zero-order chi connectivity index (χ0) is 36.0. The summed E-state index contributed by atoms with van der Waals surface area (Å²) in [6.07, 6.45) is 8.31. The minimum absolute atomic E-state index is 0.198. The van der Waals surface area contributed by atoms with Gasteiger partial charge in [0.25, 0.3) is 5.91 Å². The Balaban J connectivity index is 0.873. The summed E-state index contributed by atoms with van der Waals surface area (Å²) in [4.78, 5) is 57.0. The van der Waals surface area contributed by atoms with Crippen LogP contribution in [0.2, 0.25) is 5.02 Å². The number of anilines is 6. The topological polar surface area (TPSA) is 148 Å². The summed E-state index contributed by atoms with van der Waals surface area (Å²) in [6, 6.07) is 17.5. The van der Waals surface area contributed by atoms with Crippen molar-refractivity contribution in [1.82, 2.24) is 30.5 Å². The van der Waals surface area contributed by atoms with Crippen molar-refractivity contribution < 1.29 is 14.4 Å². The molecule has 0 bridgehead atoms. The molecule has 3 amide bonds. The highest BCUT2D eigenvalue weighted by Gasteiger charge is 2.29. The molecule has 2 aromatic carbocycles. The Labute approximate surface area is 308 Å². The summed E-state index contributed by atoms with van der Waals surface area (Å²) in [5, 5.41) is 11.9. The van der Waals surface area contributed by atoms with Crippen LogP contribution in [0.5, 0.6) is 0 Å². The van der Waals surface area contributed by atoms with Gasteiger partial charge in [0, 0.05) is 76.9 Å². The maximum Gasteiger partial charge on any atom is 0.253 e. The summed E-state index contributed by atoms with van der Waals surface area (Å²) < 4.78 is 0. The standard InChI is InChI=1S/C38H43ClN10O3/c1-40-36(51)31-4-2-3-5-33(31)44-35-32(39)23-42-38(46-35)43-27-6-8-28(9-7-27)49-18-16-47(17-19-49)24-25-12-14-48(15-13-25)29-20-26(21-41-22-29)30-10-11-34(50)45-37(30)52/h2-9,20-23,25,30H,10-19,24H2,1H3,(H,40,51)(H,45,50,52)(H2,42,43,44,46). The van der Waals surface area contributed by atoms with Gasteiger partial charge in [-0.2, -0.15) is 4.98 Å². The van der Waals surface area contributed by atoms with E-state index in [9.17, 15) is 14.4 Å². The molecule has 0 saturated carbocycles. The van der Waals surface area contributed by atoms with E-state index in [2.05, 4.69) is 69.1 Å². The molecule has 2 aromatic heterocycles. The number of hydrogen-bond donors (Lipinski definition) is 4. The van der Waals surface area contributed by atoms with Crippen molar-refractivity contribution in [3.63, 3.8) is 0 Å². The second-order valence-electron chi connectivity index (χ2n) is 13.5. The molecule has 3 aliphatic rings. The number of para-hydroxylation sites is 1. The average Bonchev–Trinajstić information content (AvgIpc) is 3.17. The highest BCUT2D eigenvalue weighted by Crippen LogP contribution is 2.31. The number of imide groups is 1. The van der Waals surface area contributed by atoms with E-state index in [0.717, 1.165) is 75.6 Å². The highest BCUT2D eigenvalue weighted by molar-refractivity contribution is 6.33. The first-order chi connectivity index (χ1) is 25.3. The lowest BCUT2D eigenvalue weighted by atomic mass is 9.91. The van der Waals surface area contributed by atoms with Crippen LogP contribution in [0.4, 0.5) is 34.5 Å². The van der Waals surface area contributed by atoms with Crippen LogP contribution >= 0.6 is 11.6 Å². The lowest BCUT2D eigenvalue weighted by Crippen LogP contribution is -2.49. The van der Waals surface area contributed by atoms with Crippen LogP contribution in [-0.4, -0.2) is 90.4 Å². The number of pyridine rings is 1. The van der Waals surface area contributed by atoms with E-state index in [1.54, 1.807) is 31.4 Å². The van der Waals surface area contributed by atoms with Crippen LogP contribution in [0.1, 0.15) is 47.5 Å². The molecule has 1 atom stereocenters. The van der Waals surface area contributed by atoms with E-state index >= 15 is 0 Å². The van der Waals surface area contributed by atoms with Crippen molar-refractivity contribution in [3.8, 4) is 0 Å². The summed E-state index contributed by atoms with van der Waals surface area (Å²) in [5.74, 6) is 0.478. The molecule has 13 nitrogen and oxygen atoms in total. The molecule has 7 rings (SSSR count). The van der Waals surface area contributed by atoms with E-state index in [4.69, 9.17) is 11.6 Å². The number of amides is 3. The first-order valence-electron chi connectivity index (χ1n) is 17.8. The molecule has 14 heteroatoms. The predicted octanol–water partition coefficient (Wildman–Crippen LogP) is 4.93. The number of hydrogen-bond acceptors (Lipinski definition) is 11. The Morgan fingerprint density at radius 2 is 1.63 bits per heavy atom. The number of carbonyl (C=O) groups excluding carboxylic acids is 3. The quantitative estimate of drug-likeness (QED) is 0.165. The summed E-state index contributed by atoms with van der Waals surface area (Å²) in [7, 11) is 1.59. The summed E-state index contributed by atoms with van der Waals surface area (Å²) in [5.41, 5.74) is 5.04. The summed E-state index contributed by atoms with van der Waals surface area (Å²) >= 11 is 6.40. The van der Waals surface area contributed by atoms with Gasteiger partial charge in [0.05, 0.1) is 35.2 Å². The number of halogens is 1. The van der Waals surface area contributed by atoms with Crippen molar-refractivity contribution in [2.75, 3.05) is 73.3 Å². The molecular weight excluding hydrogens is 680 g/mol. The first-order valence-corrected chi connectivity index (χ1v) is 18.2. The number of piperidine rings is 2. The number of carbonyl (C=O) groups is 3. The van der Waals surface area contributed by atoms with Crippen molar-refractivity contribution in [2.24, 2.45) is 5.92 Å². The van der Waals surface area contributed by atoms with Crippen molar-refractivity contribution >= 4 is 63.8 Å². The maximum absolute atomic E-state index is 12.4. The average molecular weight is 723 g/mol. The number of nitrogens with zero attached hydrogens (tertiary/aromatic N) is 6. The van der Waals surface area contributed by atoms with Crippen molar-refractivity contribution in [1.29, 1.82) is 0 Å². The highest BCUT2D eigenvalue weighted by atomic mass is 35.5. The fraction of sp³-hybridized carbons (Fsp3) is 0.368. The van der Waals surface area contributed by atoms with Gasteiger partial charge in [0.1, 0.15) is 5.02 Å². The van der Waals surface area contributed by atoms with Gasteiger partial charge in [-0.3, -0.25) is 29.6 Å². The number of aromatic nitrogens is 3. The number of rotatable bonds is 10. The van der Waals surface area contributed by atoms with Gasteiger partial charge in [0.2, 0.25) is 17.8 Å². The molecule has 4 aromatic rings. The molecule has 0 aliphatic carbocycles. The third-order valence-electron chi connectivity index (χ3n) is 10.1. The van der Waals surface area contributed by atoms with Crippen LogP contribution in [0.3, 0.4) is 0 Å². The monoisotopic (exact) mass is 722 g/mol. The van der Waals surface area contributed by atoms with Gasteiger partial charge >= 0.3 is 0 Å². The van der Waals surface area contributed by atoms with Crippen molar-refractivity contribution in [2.45, 2.75) is 31.6 Å². The Hall–Kier alpha value is -5.27. The minimum atomic E-state index is -0.315. The van der Waals surface area contributed by atoms with Gasteiger partial charge in [-0.05, 0) is 73.2 Å². The van der Waals surface area contributed by atoms with Gasteiger partial charge < -0.3 is 25.8 Å². The summed E-state index contributed by atoms with van der Waals surface area (Å²) in [6.45, 7) is 7.03. The zero-order valence-electron chi connectivity index (χ0n) is 29.1. The largest absolute Gasteiger partial charge is 0.370 e. The fourth-order valence-electron chi connectivity index (χ4n) is 7.20. The molecule has 5 heterocycles. The van der Waals surface area contributed by atoms with E-state index < -0.39 is 0 Å². The Morgan fingerprint density at radius 1 is 0.885 bits per heavy atom. The zero-order valence-corrected chi connectivity index (χ0v) is 29.9. The van der Waals surface area contributed by atoms with Crippen LogP contribution in [0, 0.1) is 5.92 Å². The minimum Gasteiger partial charge on any atom is -0.370 e. The molecule has 3 saturated heterocycles. The molecule has 3 aliphatic heterocycles. The lowest BCUT2D eigenvalue weighted by Gasteiger charge is -2.40. The van der Waals surface area contributed by atoms with Crippen LogP contribution in [-0.2, 0) is 9.59 Å². The van der Waals surface area contributed by atoms with Crippen LogP contribution in [0.15, 0.2) is 73.2 Å². The third kappa shape index (κ3) is 8.27. The lowest BCUT2D eigenvalue weighted by molar-refractivity contribution is -0.134. The normalized spacial score (nSPS) is 18.5.